The molecule has 0 unspecified atom stereocenters. The van der Waals surface area contributed by atoms with Gasteiger partial charge >= 0.3 is 80.6 Å². The van der Waals surface area contributed by atoms with Gasteiger partial charge in [0.05, 0.1) is 0 Å². The van der Waals surface area contributed by atoms with Gasteiger partial charge in [-0.3, -0.25) is 0 Å². The Hall–Kier alpha value is -1.11. The molecule has 1 aromatic rings. The first kappa shape index (κ1) is 13.9. The van der Waals surface area contributed by atoms with Crippen LogP contribution in [0.15, 0.2) is 30.3 Å². The van der Waals surface area contributed by atoms with E-state index in [0.29, 0.717) is 0 Å². The zero-order valence-electron chi connectivity index (χ0n) is 10.5. The van der Waals surface area contributed by atoms with Gasteiger partial charge in [0.2, 0.25) is 0 Å². The van der Waals surface area contributed by atoms with Gasteiger partial charge in [0.25, 0.3) is 0 Å². The number of hydrogen-bond acceptors (Lipinski definition) is 0. The fourth-order valence-electron chi connectivity index (χ4n) is 1.22. The van der Waals surface area contributed by atoms with E-state index in [1.165, 1.54) is 16.7 Å². The van der Waals surface area contributed by atoms with Gasteiger partial charge in [0.15, 0.2) is 0 Å². The van der Waals surface area contributed by atoms with Crippen molar-refractivity contribution in [3.8, 4) is 0 Å². The summed E-state index contributed by atoms with van der Waals surface area (Å²) in [5.74, 6) is 4.18. The molecular formula is C14H21B. The molecule has 0 bridgehead atoms. The Bertz CT molecular complexity index is 335. The topological polar surface area (TPSA) is 0 Å². The maximum atomic E-state index is 2.16. The molecule has 0 nitrogen and oxygen atoms in total. The van der Waals surface area contributed by atoms with E-state index in [2.05, 4.69) is 44.9 Å². The van der Waals surface area contributed by atoms with E-state index in [1.54, 1.807) is 0 Å². The fraction of sp³-hybridized carbons (Fsp3) is 0.357. The number of benzene rings is 1. The Morgan fingerprint density at radius 3 is 2.40 bits per heavy atom. The van der Waals surface area contributed by atoms with Crippen LogP contribution in [0.2, 0.25) is 0 Å². The second-order valence-corrected chi connectivity index (χ2v) is 3.17. The van der Waals surface area contributed by atoms with E-state index in [4.69, 9.17) is 0 Å². The molecule has 0 aromatic heterocycles. The van der Waals surface area contributed by atoms with Crippen molar-refractivity contribution in [2.75, 3.05) is 0 Å². The average Bonchev–Trinajstić information content (AvgIpc) is 2.27. The Kier molecular flexibility index (Phi) is 7.62. The molecule has 1 aromatic carbocycles. The predicted octanol–water partition coefficient (Wildman–Crippen LogP) is 3.72. The van der Waals surface area contributed by atoms with Gasteiger partial charge in [-0.1, -0.05) is 13.8 Å². The third kappa shape index (κ3) is 4.78. The fourth-order valence-corrected chi connectivity index (χ4v) is 1.22. The molecule has 80 valence electrons. The minimum Gasteiger partial charge on any atom is -0.0683 e. The van der Waals surface area contributed by atoms with Gasteiger partial charge in [0.1, 0.15) is 0 Å². The minimum absolute atomic E-state index is 1.30. The van der Waals surface area contributed by atoms with Crippen molar-refractivity contribution in [3.05, 3.63) is 46.9 Å². The molecule has 0 aliphatic rings. The summed E-state index contributed by atoms with van der Waals surface area (Å²) in [6.07, 6.45) is 2.03. The summed E-state index contributed by atoms with van der Waals surface area (Å²) in [6.45, 7) is 12.4. The third-order valence-corrected chi connectivity index (χ3v) is 2.23. The van der Waals surface area contributed by atoms with Crippen LogP contribution in [-0.2, 0) is 0 Å². The number of rotatable bonds is 2. The monoisotopic (exact) mass is 200 g/mol. The van der Waals surface area contributed by atoms with Crippen LogP contribution < -0.4 is 0 Å². The van der Waals surface area contributed by atoms with E-state index in [1.807, 2.05) is 32.8 Å². The van der Waals surface area contributed by atoms with Crippen LogP contribution in [0.25, 0.3) is 0 Å². The summed E-state index contributed by atoms with van der Waals surface area (Å²) in [7, 11) is 0. The van der Waals surface area contributed by atoms with E-state index in [-0.39, 0.29) is 0 Å². The molecule has 0 spiro atoms. The van der Waals surface area contributed by atoms with Crippen molar-refractivity contribution in [3.63, 3.8) is 0 Å². The molecule has 15 heavy (non-hydrogen) atoms. The zero-order valence-corrected chi connectivity index (χ0v) is 10.5. The molecule has 1 heteroatoms. The molecule has 0 N–H and O–H groups in total. The van der Waals surface area contributed by atoms with Crippen molar-refractivity contribution in [1.82, 2.24) is 0 Å². The standard InChI is InChI=1S/C12H15B.C2H6/c1-4-8-13-9-12-7-5-6-10(2)11(12)3;1-2/h4-9H,1-3H3;1-2H3/b8-4-;. The first-order chi connectivity index (χ1) is 7.25. The SMILES string of the molecule is C/C=C\B=Cc1cccc(C)c1C.CC. The van der Waals surface area contributed by atoms with Gasteiger partial charge < -0.3 is 0 Å². The van der Waals surface area contributed by atoms with Crippen molar-refractivity contribution in [2.45, 2.75) is 34.6 Å². The predicted molar refractivity (Wildman–Crippen MR) is 73.0 cm³/mol. The molecule has 0 radical (unpaired) electrons. The molecule has 0 amide bonds. The van der Waals surface area contributed by atoms with Crippen LogP contribution in [0.5, 0.6) is 0 Å². The molecule has 0 fully saturated rings. The zero-order chi connectivity index (χ0) is 11.7. The number of aryl methyl sites for hydroxylation is 1. The Morgan fingerprint density at radius 1 is 1.13 bits per heavy atom. The molecule has 0 heterocycles. The molecule has 0 saturated carbocycles. The van der Waals surface area contributed by atoms with Crippen molar-refractivity contribution < 1.29 is 0 Å². The minimum atomic E-state index is 1.30. The number of hydrogen-bond donors (Lipinski definition) is 0. The van der Waals surface area contributed by atoms with Crippen LogP contribution in [0, 0.1) is 13.8 Å². The Morgan fingerprint density at radius 2 is 1.80 bits per heavy atom. The van der Waals surface area contributed by atoms with Crippen LogP contribution in [0.1, 0.15) is 37.5 Å². The summed E-state index contributed by atoms with van der Waals surface area (Å²) in [6, 6.07) is 6.38. The van der Waals surface area contributed by atoms with Gasteiger partial charge in [-0.15, -0.1) is 0 Å². The summed E-state index contributed by atoms with van der Waals surface area (Å²) >= 11 is 0. The maximum Gasteiger partial charge on any atom is -0.0683 e. The van der Waals surface area contributed by atoms with Crippen molar-refractivity contribution in [2.24, 2.45) is 0 Å². The molecule has 1 rings (SSSR count). The van der Waals surface area contributed by atoms with E-state index < -0.39 is 0 Å². The second kappa shape index (κ2) is 8.22. The summed E-state index contributed by atoms with van der Waals surface area (Å²) < 4.78 is 0. The molecule has 0 aliphatic heterocycles. The van der Waals surface area contributed by atoms with E-state index in [0.717, 1.165) is 0 Å². The van der Waals surface area contributed by atoms with Gasteiger partial charge in [-0.05, 0) is 0 Å². The number of allylic oxidation sites excluding steroid dienone is 1. The van der Waals surface area contributed by atoms with Gasteiger partial charge in [0, 0.05) is 0 Å². The van der Waals surface area contributed by atoms with Gasteiger partial charge in [-0.2, -0.15) is 0 Å². The van der Waals surface area contributed by atoms with Crippen LogP contribution in [-0.4, -0.2) is 12.9 Å². The second-order valence-electron chi connectivity index (χ2n) is 3.17. The first-order valence-corrected chi connectivity index (χ1v) is 5.61. The van der Waals surface area contributed by atoms with E-state index in [9.17, 15) is 0 Å². The molecular weight excluding hydrogens is 179 g/mol. The summed E-state index contributed by atoms with van der Waals surface area (Å²) in [4.78, 5) is 0. The maximum absolute atomic E-state index is 2.16. The van der Waals surface area contributed by atoms with Crippen LogP contribution >= 0.6 is 0 Å². The molecule has 0 saturated heterocycles. The smallest absolute Gasteiger partial charge is 0.0683 e. The van der Waals surface area contributed by atoms with Crippen molar-refractivity contribution >= 4 is 12.9 Å². The Labute approximate surface area is 94.9 Å². The van der Waals surface area contributed by atoms with Crippen LogP contribution in [0.4, 0.5) is 0 Å². The van der Waals surface area contributed by atoms with Crippen molar-refractivity contribution in [1.29, 1.82) is 0 Å². The Balaban J connectivity index is 0.000000921. The largest absolute Gasteiger partial charge is 0.0683 e. The van der Waals surface area contributed by atoms with Crippen LogP contribution in [0.3, 0.4) is 0 Å². The normalized spacial score (nSPS) is 9.93. The van der Waals surface area contributed by atoms with E-state index >= 15 is 0 Å². The summed E-state index contributed by atoms with van der Waals surface area (Å²) in [5.41, 5.74) is 4.02. The first-order valence-electron chi connectivity index (χ1n) is 5.61. The molecule has 0 aliphatic carbocycles. The quantitative estimate of drug-likeness (QED) is 0.638. The van der Waals surface area contributed by atoms with Gasteiger partial charge in [-0.25, -0.2) is 0 Å². The third-order valence-electron chi connectivity index (χ3n) is 2.23. The molecule has 0 atom stereocenters. The summed E-state index contributed by atoms with van der Waals surface area (Å²) in [5, 5.41) is 0. The average molecular weight is 200 g/mol.